The molecular weight excluding hydrogens is 1140 g/mol. The van der Waals surface area contributed by atoms with E-state index in [1.807, 2.05) is 41.5 Å². The number of hydrogen-bond acceptors (Lipinski definition) is 13. The number of likely N-dealkylation sites (N-methyl/N-ethyl adjacent to an activating group) is 7. The molecule has 24 heteroatoms. The molecule has 1 fully saturated rings. The maximum absolute atomic E-state index is 15.2. The van der Waals surface area contributed by atoms with Crippen molar-refractivity contribution in [2.45, 2.75) is 235 Å². The molecule has 0 radical (unpaired) electrons. The number of aliphatic hydroxyl groups excluding tert-OH is 1. The second-order valence-corrected chi connectivity index (χ2v) is 27.0. The normalized spacial score (nSPS) is 26.4. The van der Waals surface area contributed by atoms with Gasteiger partial charge in [0.2, 0.25) is 59.1 Å². The molecule has 0 spiro atoms. The van der Waals surface area contributed by atoms with Crippen molar-refractivity contribution in [3.8, 4) is 0 Å². The van der Waals surface area contributed by atoms with Gasteiger partial charge in [-0.25, -0.2) is 0 Å². The lowest BCUT2D eigenvalue weighted by atomic mass is 9.91. The standard InChI is InChI=1S/C65H115N11O13/c1-27-29-30-41(13)53(77)52-57(81)68-45(28-2)60(84)70(19)44(16)59(83)74(23)49(35-65(17,18)89-26)56(80)69-50(39(9)10)63(87)71(20)46(32-31-36(3)4)55(79)66-42(14)54(78)67-43(15)58(82)72(21)47(33-37(5)6)61(85)73(22)48(34-38(7)8)62(86)75(24)51(40(11)12)64(88)76(52)25/h27,29,36-43,45-53,77H,16,28,30-35H2,1-15,17-26H3,(H,66,79)(H,67,78)(H,68,81)(H,69,80)/b29-27+/t41-,42-,43+,45+,46-,47+,48+,49+,50-,51+,52+,53-/m1/s1. The van der Waals surface area contributed by atoms with Crippen LogP contribution >= 0.6 is 0 Å². The summed E-state index contributed by atoms with van der Waals surface area (Å²) in [5, 5.41) is 23.1. The number of carbonyl (C=O) groups excluding carboxylic acids is 11. The molecule has 1 heterocycles. The molecule has 1 saturated heterocycles. The number of aliphatic hydroxyl groups is 1. The average Bonchev–Trinajstić information content (AvgIpc) is 1.54. The third kappa shape index (κ3) is 22.2. The Morgan fingerprint density at radius 1 is 0.551 bits per heavy atom. The Kier molecular flexibility index (Phi) is 32.4. The summed E-state index contributed by atoms with van der Waals surface area (Å²) in [7, 11) is 11.1. The highest BCUT2D eigenvalue weighted by molar-refractivity contribution is 6.02. The summed E-state index contributed by atoms with van der Waals surface area (Å²) in [5.41, 5.74) is -1.45. The third-order valence-electron chi connectivity index (χ3n) is 17.1. The van der Waals surface area contributed by atoms with E-state index in [4.69, 9.17) is 4.74 Å². The van der Waals surface area contributed by atoms with Gasteiger partial charge < -0.3 is 65.4 Å². The molecule has 89 heavy (non-hydrogen) atoms. The molecule has 1 aliphatic heterocycles. The Bertz CT molecular complexity index is 2500. The van der Waals surface area contributed by atoms with E-state index in [0.717, 1.165) is 14.7 Å². The van der Waals surface area contributed by atoms with E-state index in [1.165, 1.54) is 89.9 Å². The second kappa shape index (κ2) is 35.8. The van der Waals surface area contributed by atoms with Crippen LogP contribution in [0.5, 0.6) is 0 Å². The molecule has 0 aromatic heterocycles. The van der Waals surface area contributed by atoms with E-state index < -0.39 is 161 Å². The summed E-state index contributed by atoms with van der Waals surface area (Å²) in [6, 6.07) is -12.9. The van der Waals surface area contributed by atoms with Crippen LogP contribution < -0.4 is 21.3 Å². The quantitative estimate of drug-likeness (QED) is 0.102. The molecule has 24 nitrogen and oxygen atoms in total. The van der Waals surface area contributed by atoms with Crippen LogP contribution in [0, 0.1) is 35.5 Å². The molecule has 0 saturated carbocycles. The van der Waals surface area contributed by atoms with Crippen molar-refractivity contribution in [1.82, 2.24) is 55.6 Å². The van der Waals surface area contributed by atoms with Crippen molar-refractivity contribution >= 4 is 65.0 Å². The Labute approximate surface area is 532 Å². The topological polar surface area (TPSA) is 288 Å². The number of carbonyl (C=O) groups is 11. The van der Waals surface area contributed by atoms with Crippen molar-refractivity contribution in [3.05, 3.63) is 24.4 Å². The van der Waals surface area contributed by atoms with Gasteiger partial charge in [0.1, 0.15) is 66.1 Å². The minimum atomic E-state index is -1.66. The molecule has 1 rings (SSSR count). The first-order valence-corrected chi connectivity index (χ1v) is 31.6. The molecule has 0 aromatic rings. The van der Waals surface area contributed by atoms with Gasteiger partial charge in [-0.3, -0.25) is 52.7 Å². The minimum absolute atomic E-state index is 0.0443. The fourth-order valence-corrected chi connectivity index (χ4v) is 10.9. The number of hydrogen-bond donors (Lipinski definition) is 5. The van der Waals surface area contributed by atoms with Crippen LogP contribution in [0.3, 0.4) is 0 Å². The molecule has 0 unspecified atom stereocenters. The first kappa shape index (κ1) is 80.6. The molecule has 5 N–H and O–H groups in total. The van der Waals surface area contributed by atoms with E-state index in [9.17, 15) is 43.5 Å². The van der Waals surface area contributed by atoms with Gasteiger partial charge in [-0.15, -0.1) is 0 Å². The Balaban J connectivity index is 4.44. The molecule has 11 amide bonds. The smallest absolute Gasteiger partial charge is 0.270 e. The molecule has 12 atom stereocenters. The van der Waals surface area contributed by atoms with Gasteiger partial charge in [-0.1, -0.05) is 102 Å². The molecule has 0 aliphatic carbocycles. The highest BCUT2D eigenvalue weighted by Gasteiger charge is 2.46. The van der Waals surface area contributed by atoms with Crippen molar-refractivity contribution < 1.29 is 62.6 Å². The molecule has 1 aliphatic rings. The zero-order valence-electron chi connectivity index (χ0n) is 58.6. The molecule has 0 aromatic carbocycles. The van der Waals surface area contributed by atoms with Gasteiger partial charge >= 0.3 is 0 Å². The Hall–Kier alpha value is -6.43. The molecule has 508 valence electrons. The van der Waals surface area contributed by atoms with Crippen molar-refractivity contribution in [2.75, 3.05) is 56.4 Å². The lowest BCUT2D eigenvalue weighted by molar-refractivity contribution is -0.157. The lowest BCUT2D eigenvalue weighted by Crippen LogP contribution is -2.63. The SMILES string of the molecule is C=C1C(=O)N(C)[C@@H](CC(C)(C)OC)C(=O)N[C@H](C(C)C)C(=O)N(C)[C@H](CCC(C)C)C(=O)N[C@H](C)C(=O)N[C@@H](C)C(=O)N(C)[C@@H](CC(C)C)C(=O)N(C)[C@@H](CC(C)C)C(=O)N(C)[C@@H](C(C)C)C(=O)N(C)[C@@H]([C@H](O)[C@H](C)C/C=C/C)C(=O)N[C@@H](CC)C(=O)N1C. The summed E-state index contributed by atoms with van der Waals surface area (Å²) in [6.45, 7) is 33.5. The number of ether oxygens (including phenoxy) is 1. The Morgan fingerprint density at radius 2 is 1.02 bits per heavy atom. The van der Waals surface area contributed by atoms with E-state index in [1.54, 1.807) is 74.5 Å². The largest absolute Gasteiger partial charge is 0.390 e. The van der Waals surface area contributed by atoms with Crippen LogP contribution in [-0.4, -0.2) is 233 Å². The monoisotopic (exact) mass is 1260 g/mol. The summed E-state index contributed by atoms with van der Waals surface area (Å²) in [4.78, 5) is 170. The van der Waals surface area contributed by atoms with Crippen molar-refractivity contribution in [1.29, 1.82) is 0 Å². The Morgan fingerprint density at radius 3 is 1.48 bits per heavy atom. The predicted octanol–water partition coefficient (Wildman–Crippen LogP) is 3.94. The van der Waals surface area contributed by atoms with E-state index in [0.29, 0.717) is 6.42 Å². The van der Waals surface area contributed by atoms with Gasteiger partial charge in [0, 0.05) is 62.9 Å². The van der Waals surface area contributed by atoms with Gasteiger partial charge in [-0.05, 0) is 109 Å². The van der Waals surface area contributed by atoms with Gasteiger partial charge in [0.05, 0.1) is 11.7 Å². The number of methoxy groups -OCH3 is 1. The zero-order valence-corrected chi connectivity index (χ0v) is 58.6. The predicted molar refractivity (Wildman–Crippen MR) is 344 cm³/mol. The van der Waals surface area contributed by atoms with Crippen LogP contribution in [0.2, 0.25) is 0 Å². The van der Waals surface area contributed by atoms with Crippen LogP contribution in [0.15, 0.2) is 24.4 Å². The first-order valence-electron chi connectivity index (χ1n) is 31.6. The fraction of sp³-hybridized carbons (Fsp3) is 0.769. The maximum atomic E-state index is 15.2. The highest BCUT2D eigenvalue weighted by Crippen LogP contribution is 2.27. The summed E-state index contributed by atoms with van der Waals surface area (Å²) >= 11 is 0. The number of nitrogens with zero attached hydrogens (tertiary/aromatic N) is 7. The van der Waals surface area contributed by atoms with Crippen molar-refractivity contribution in [3.63, 3.8) is 0 Å². The van der Waals surface area contributed by atoms with E-state index >= 15 is 14.4 Å². The molecule has 0 bridgehead atoms. The van der Waals surface area contributed by atoms with Gasteiger partial charge in [-0.2, -0.15) is 0 Å². The van der Waals surface area contributed by atoms with Gasteiger partial charge in [0.25, 0.3) is 5.91 Å². The van der Waals surface area contributed by atoms with Gasteiger partial charge in [0.15, 0.2) is 0 Å². The van der Waals surface area contributed by atoms with Crippen LogP contribution in [0.4, 0.5) is 0 Å². The zero-order chi connectivity index (χ0) is 69.2. The maximum Gasteiger partial charge on any atom is 0.270 e. The van der Waals surface area contributed by atoms with Crippen LogP contribution in [0.25, 0.3) is 0 Å². The first-order chi connectivity index (χ1) is 41.0. The number of allylic oxidation sites excluding steroid dienone is 2. The van der Waals surface area contributed by atoms with Crippen LogP contribution in [-0.2, 0) is 57.5 Å². The summed E-state index contributed by atoms with van der Waals surface area (Å²) in [6.07, 6.45) is 3.06. The highest BCUT2D eigenvalue weighted by atomic mass is 16.5. The fourth-order valence-electron chi connectivity index (χ4n) is 10.9. The van der Waals surface area contributed by atoms with Crippen LogP contribution in [0.1, 0.15) is 163 Å². The number of amides is 11. The second-order valence-electron chi connectivity index (χ2n) is 27.0. The number of rotatable bonds is 17. The third-order valence-corrected chi connectivity index (χ3v) is 17.1. The summed E-state index contributed by atoms with van der Waals surface area (Å²) < 4.78 is 5.72. The van der Waals surface area contributed by atoms with E-state index in [-0.39, 0.29) is 56.3 Å². The lowest BCUT2D eigenvalue weighted by Gasteiger charge is -2.41. The average molecular weight is 1260 g/mol. The molecular formula is C65H115N11O13. The van der Waals surface area contributed by atoms with Crippen molar-refractivity contribution in [2.24, 2.45) is 35.5 Å². The summed E-state index contributed by atoms with van der Waals surface area (Å²) in [5.74, 6) is -10.2. The number of nitrogens with one attached hydrogen (secondary N) is 4. The minimum Gasteiger partial charge on any atom is -0.390 e. The van der Waals surface area contributed by atoms with E-state index in [2.05, 4.69) is 27.8 Å².